The number of benzene rings is 1. The molecule has 0 bridgehead atoms. The van der Waals surface area contributed by atoms with E-state index in [1.807, 2.05) is 29.9 Å². The summed E-state index contributed by atoms with van der Waals surface area (Å²) in [5.74, 6) is -0.203. The molecule has 2 atom stereocenters. The van der Waals surface area contributed by atoms with E-state index in [1.165, 1.54) is 12.1 Å². The van der Waals surface area contributed by atoms with Gasteiger partial charge in [0, 0.05) is 25.3 Å². The van der Waals surface area contributed by atoms with Gasteiger partial charge in [-0.15, -0.1) is 0 Å². The highest BCUT2D eigenvalue weighted by atomic mass is 19.1. The van der Waals surface area contributed by atoms with Gasteiger partial charge in [-0.05, 0) is 36.1 Å². The molecule has 114 valence electrons. The highest BCUT2D eigenvalue weighted by molar-refractivity contribution is 5.22. The number of hydrogen-bond donors (Lipinski definition) is 1. The number of aryl methyl sites for hydroxylation is 1. The lowest BCUT2D eigenvalue weighted by Gasteiger charge is -2.34. The molecule has 0 saturated carbocycles. The van der Waals surface area contributed by atoms with Gasteiger partial charge in [-0.1, -0.05) is 32.9 Å². The SMILES string of the molecule is CC(NC(c1ccc(F)cc1)C(C)(C)C)c1ccnn1C. The van der Waals surface area contributed by atoms with Crippen molar-refractivity contribution in [2.75, 3.05) is 0 Å². The van der Waals surface area contributed by atoms with Gasteiger partial charge in [-0.3, -0.25) is 4.68 Å². The van der Waals surface area contributed by atoms with E-state index in [2.05, 4.69) is 38.1 Å². The summed E-state index contributed by atoms with van der Waals surface area (Å²) in [5, 5.41) is 7.87. The monoisotopic (exact) mass is 289 g/mol. The Labute approximate surface area is 126 Å². The van der Waals surface area contributed by atoms with Crippen LogP contribution in [-0.4, -0.2) is 9.78 Å². The third-order valence-corrected chi connectivity index (χ3v) is 3.79. The quantitative estimate of drug-likeness (QED) is 0.922. The van der Waals surface area contributed by atoms with Crippen LogP contribution in [0, 0.1) is 11.2 Å². The Kier molecular flexibility index (Phi) is 4.47. The van der Waals surface area contributed by atoms with Gasteiger partial charge in [0.25, 0.3) is 0 Å². The van der Waals surface area contributed by atoms with Crippen LogP contribution in [0.15, 0.2) is 36.5 Å². The van der Waals surface area contributed by atoms with E-state index < -0.39 is 0 Å². The van der Waals surface area contributed by atoms with Gasteiger partial charge >= 0.3 is 0 Å². The van der Waals surface area contributed by atoms with Gasteiger partial charge in [0.15, 0.2) is 0 Å². The normalized spacial score (nSPS) is 15.0. The fourth-order valence-corrected chi connectivity index (χ4v) is 2.65. The zero-order valence-corrected chi connectivity index (χ0v) is 13.4. The van der Waals surface area contributed by atoms with Crippen molar-refractivity contribution in [1.82, 2.24) is 15.1 Å². The first kappa shape index (κ1) is 15.7. The smallest absolute Gasteiger partial charge is 0.123 e. The van der Waals surface area contributed by atoms with E-state index in [4.69, 9.17) is 0 Å². The average Bonchev–Trinajstić information content (AvgIpc) is 2.82. The number of rotatable bonds is 4. The number of nitrogens with one attached hydrogen (secondary N) is 1. The molecule has 3 nitrogen and oxygen atoms in total. The van der Waals surface area contributed by atoms with Crippen LogP contribution in [0.1, 0.15) is 51.0 Å². The molecule has 2 unspecified atom stereocenters. The Bertz CT molecular complexity index is 581. The third kappa shape index (κ3) is 3.70. The van der Waals surface area contributed by atoms with Gasteiger partial charge in [0.2, 0.25) is 0 Å². The second kappa shape index (κ2) is 5.98. The van der Waals surface area contributed by atoms with Gasteiger partial charge in [0.05, 0.1) is 5.69 Å². The lowest BCUT2D eigenvalue weighted by Crippen LogP contribution is -2.34. The molecule has 0 fully saturated rings. The minimum absolute atomic E-state index is 0.0185. The molecule has 4 heteroatoms. The third-order valence-electron chi connectivity index (χ3n) is 3.79. The number of hydrogen-bond acceptors (Lipinski definition) is 2. The summed E-state index contributed by atoms with van der Waals surface area (Å²) in [6.07, 6.45) is 1.80. The molecule has 0 aliphatic rings. The summed E-state index contributed by atoms with van der Waals surface area (Å²) >= 11 is 0. The highest BCUT2D eigenvalue weighted by Crippen LogP contribution is 2.34. The second-order valence-corrected chi connectivity index (χ2v) is 6.62. The summed E-state index contributed by atoms with van der Waals surface area (Å²) in [4.78, 5) is 0. The van der Waals surface area contributed by atoms with Crippen LogP contribution >= 0.6 is 0 Å². The molecule has 21 heavy (non-hydrogen) atoms. The van der Waals surface area contributed by atoms with Crippen molar-refractivity contribution in [1.29, 1.82) is 0 Å². The predicted octanol–water partition coefficient (Wildman–Crippen LogP) is 4.00. The summed E-state index contributed by atoms with van der Waals surface area (Å²) in [7, 11) is 1.94. The molecule has 1 aromatic carbocycles. The maximum absolute atomic E-state index is 13.2. The van der Waals surface area contributed by atoms with Crippen molar-refractivity contribution in [2.45, 2.75) is 39.8 Å². The minimum Gasteiger partial charge on any atom is -0.301 e. The van der Waals surface area contributed by atoms with Crippen molar-refractivity contribution in [3.8, 4) is 0 Å². The topological polar surface area (TPSA) is 29.9 Å². The maximum Gasteiger partial charge on any atom is 0.123 e. The molecular weight excluding hydrogens is 265 g/mol. The van der Waals surface area contributed by atoms with E-state index in [9.17, 15) is 4.39 Å². The van der Waals surface area contributed by atoms with E-state index in [-0.39, 0.29) is 23.3 Å². The number of aromatic nitrogens is 2. The van der Waals surface area contributed by atoms with Gasteiger partial charge < -0.3 is 5.32 Å². The molecule has 1 heterocycles. The fraction of sp³-hybridized carbons (Fsp3) is 0.471. The molecule has 0 aliphatic heterocycles. The Balaban J connectivity index is 2.26. The largest absolute Gasteiger partial charge is 0.301 e. The Hall–Kier alpha value is -1.68. The van der Waals surface area contributed by atoms with E-state index in [1.54, 1.807) is 6.20 Å². The summed E-state index contributed by atoms with van der Waals surface area (Å²) < 4.78 is 15.0. The van der Waals surface area contributed by atoms with Crippen molar-refractivity contribution in [2.24, 2.45) is 12.5 Å². The molecule has 2 rings (SSSR count). The minimum atomic E-state index is -0.203. The molecule has 0 saturated heterocycles. The van der Waals surface area contributed by atoms with E-state index in [0.717, 1.165) is 11.3 Å². The van der Waals surface area contributed by atoms with Crippen molar-refractivity contribution in [3.05, 3.63) is 53.6 Å². The predicted molar refractivity (Wildman–Crippen MR) is 83.4 cm³/mol. The molecule has 0 aliphatic carbocycles. The zero-order valence-electron chi connectivity index (χ0n) is 13.4. The number of nitrogens with zero attached hydrogens (tertiary/aromatic N) is 2. The zero-order chi connectivity index (χ0) is 15.6. The highest BCUT2D eigenvalue weighted by Gasteiger charge is 2.28. The first-order chi connectivity index (χ1) is 9.79. The van der Waals surface area contributed by atoms with Crippen LogP contribution in [0.25, 0.3) is 0 Å². The lowest BCUT2D eigenvalue weighted by atomic mass is 9.82. The van der Waals surface area contributed by atoms with Crippen molar-refractivity contribution in [3.63, 3.8) is 0 Å². The molecule has 0 spiro atoms. The van der Waals surface area contributed by atoms with Gasteiger partial charge in [-0.25, -0.2) is 4.39 Å². The lowest BCUT2D eigenvalue weighted by molar-refractivity contribution is 0.251. The second-order valence-electron chi connectivity index (χ2n) is 6.62. The van der Waals surface area contributed by atoms with Crippen LogP contribution in [0.2, 0.25) is 0 Å². The van der Waals surface area contributed by atoms with Crippen LogP contribution < -0.4 is 5.32 Å². The Morgan fingerprint density at radius 2 is 1.76 bits per heavy atom. The van der Waals surface area contributed by atoms with Gasteiger partial charge in [-0.2, -0.15) is 5.10 Å². The summed E-state index contributed by atoms with van der Waals surface area (Å²) in [5.41, 5.74) is 2.24. The fourth-order valence-electron chi connectivity index (χ4n) is 2.65. The average molecular weight is 289 g/mol. The summed E-state index contributed by atoms with van der Waals surface area (Å²) in [6.45, 7) is 8.68. The van der Waals surface area contributed by atoms with Crippen LogP contribution in [0.3, 0.4) is 0 Å². The van der Waals surface area contributed by atoms with E-state index >= 15 is 0 Å². The van der Waals surface area contributed by atoms with Crippen LogP contribution in [0.5, 0.6) is 0 Å². The Morgan fingerprint density at radius 1 is 1.14 bits per heavy atom. The molecule has 1 N–H and O–H groups in total. The van der Waals surface area contributed by atoms with Crippen molar-refractivity contribution < 1.29 is 4.39 Å². The van der Waals surface area contributed by atoms with Crippen molar-refractivity contribution >= 4 is 0 Å². The first-order valence-corrected chi connectivity index (χ1v) is 7.28. The van der Waals surface area contributed by atoms with Crippen LogP contribution in [-0.2, 0) is 7.05 Å². The first-order valence-electron chi connectivity index (χ1n) is 7.28. The molecular formula is C17H24FN3. The van der Waals surface area contributed by atoms with Gasteiger partial charge in [0.1, 0.15) is 5.82 Å². The number of halogens is 1. The Morgan fingerprint density at radius 3 is 2.24 bits per heavy atom. The standard InChI is InChI=1S/C17H24FN3/c1-12(15-10-11-19-21(15)5)20-16(17(2,3)4)13-6-8-14(18)9-7-13/h6-12,16,20H,1-5H3. The van der Waals surface area contributed by atoms with Crippen LogP contribution in [0.4, 0.5) is 4.39 Å². The molecule has 1 aromatic heterocycles. The molecule has 2 aromatic rings. The molecule has 0 amide bonds. The summed E-state index contributed by atoms with van der Waals surface area (Å²) in [6, 6.07) is 9.05. The molecule has 0 radical (unpaired) electrons. The maximum atomic E-state index is 13.2. The van der Waals surface area contributed by atoms with E-state index in [0.29, 0.717) is 0 Å².